The predicted octanol–water partition coefficient (Wildman–Crippen LogP) is 1.15. The lowest BCUT2D eigenvalue weighted by atomic mass is 10.2. The Balaban J connectivity index is 2.40. The number of likely N-dealkylation sites (tertiary alicyclic amines) is 1. The number of hydrogen-bond acceptors (Lipinski definition) is 2. The second-order valence-electron chi connectivity index (χ2n) is 4.05. The van der Waals surface area contributed by atoms with Crippen LogP contribution in [0.4, 0.5) is 13.2 Å². The molecule has 15 heavy (non-hydrogen) atoms. The van der Waals surface area contributed by atoms with E-state index >= 15 is 0 Å². The van der Waals surface area contributed by atoms with Crippen LogP contribution >= 0.6 is 0 Å². The first-order valence-corrected chi connectivity index (χ1v) is 4.92. The van der Waals surface area contributed by atoms with Crippen LogP contribution in [0.25, 0.3) is 0 Å². The van der Waals surface area contributed by atoms with E-state index in [0.29, 0.717) is 19.0 Å². The lowest BCUT2D eigenvalue weighted by Gasteiger charge is -2.20. The number of halogens is 3. The molecule has 0 aliphatic carbocycles. The molecule has 1 heterocycles. The van der Waals surface area contributed by atoms with Crippen LogP contribution in [0, 0.1) is 0 Å². The molecule has 0 aromatic carbocycles. The maximum Gasteiger partial charge on any atom is 0.471 e. The Hall–Kier alpha value is -0.780. The average Bonchev–Trinajstić information content (AvgIpc) is 2.50. The van der Waals surface area contributed by atoms with E-state index in [1.807, 2.05) is 24.1 Å². The maximum absolute atomic E-state index is 11.9. The van der Waals surface area contributed by atoms with Crippen LogP contribution < -0.4 is 5.32 Å². The average molecular weight is 224 g/mol. The molecule has 0 spiro atoms. The number of alkyl halides is 3. The van der Waals surface area contributed by atoms with E-state index in [1.54, 1.807) is 0 Å². The largest absolute Gasteiger partial charge is 0.471 e. The van der Waals surface area contributed by atoms with Gasteiger partial charge in [0.05, 0.1) is 0 Å². The highest BCUT2D eigenvalue weighted by Crippen LogP contribution is 2.17. The van der Waals surface area contributed by atoms with E-state index in [9.17, 15) is 18.0 Å². The van der Waals surface area contributed by atoms with Gasteiger partial charge >= 0.3 is 12.1 Å². The van der Waals surface area contributed by atoms with E-state index in [1.165, 1.54) is 0 Å². The topological polar surface area (TPSA) is 32.3 Å². The fourth-order valence-corrected chi connectivity index (χ4v) is 1.64. The van der Waals surface area contributed by atoms with E-state index in [2.05, 4.69) is 0 Å². The van der Waals surface area contributed by atoms with Gasteiger partial charge in [0.25, 0.3) is 0 Å². The minimum atomic E-state index is -4.77. The van der Waals surface area contributed by atoms with Gasteiger partial charge in [-0.2, -0.15) is 13.2 Å². The van der Waals surface area contributed by atoms with Gasteiger partial charge in [-0.25, -0.2) is 0 Å². The normalized spacial score (nSPS) is 23.5. The summed E-state index contributed by atoms with van der Waals surface area (Å²) in [5.74, 6) is -1.84. The van der Waals surface area contributed by atoms with Gasteiger partial charge in [-0.15, -0.1) is 0 Å². The Kier molecular flexibility index (Phi) is 3.59. The molecule has 1 atom stereocenters. The van der Waals surface area contributed by atoms with Gasteiger partial charge in [-0.1, -0.05) is 0 Å². The highest BCUT2D eigenvalue weighted by molar-refractivity contribution is 5.81. The zero-order valence-electron chi connectivity index (χ0n) is 8.77. The van der Waals surface area contributed by atoms with Crippen LogP contribution in [0.2, 0.25) is 0 Å². The number of rotatable bonds is 2. The van der Waals surface area contributed by atoms with Crippen LogP contribution in [-0.2, 0) is 4.79 Å². The van der Waals surface area contributed by atoms with Gasteiger partial charge in [-0.3, -0.25) is 9.69 Å². The smallest absolute Gasteiger partial charge is 0.344 e. The molecule has 0 aromatic rings. The predicted molar refractivity (Wildman–Crippen MR) is 49.3 cm³/mol. The van der Waals surface area contributed by atoms with Crippen molar-refractivity contribution in [3.63, 3.8) is 0 Å². The summed E-state index contributed by atoms with van der Waals surface area (Å²) in [6, 6.07) is -0.0701. The molecule has 0 aromatic heterocycles. The molecule has 0 bridgehead atoms. The third-order valence-corrected chi connectivity index (χ3v) is 2.54. The summed E-state index contributed by atoms with van der Waals surface area (Å²) in [6.07, 6.45) is -4.19. The van der Waals surface area contributed by atoms with Crippen LogP contribution in [0.1, 0.15) is 20.3 Å². The highest BCUT2D eigenvalue weighted by Gasteiger charge is 2.40. The summed E-state index contributed by atoms with van der Waals surface area (Å²) in [5, 5.41) is 2.00. The zero-order valence-corrected chi connectivity index (χ0v) is 8.77. The van der Waals surface area contributed by atoms with Crippen molar-refractivity contribution in [3.8, 4) is 0 Å². The fraction of sp³-hybridized carbons (Fsp3) is 0.889. The molecule has 3 nitrogen and oxygen atoms in total. The third-order valence-electron chi connectivity index (χ3n) is 2.54. The first kappa shape index (κ1) is 12.3. The Morgan fingerprint density at radius 3 is 2.47 bits per heavy atom. The maximum atomic E-state index is 11.9. The number of hydrogen-bond donors (Lipinski definition) is 1. The fourth-order valence-electron chi connectivity index (χ4n) is 1.64. The molecule has 1 unspecified atom stereocenters. The molecule has 0 saturated carbocycles. The minimum absolute atomic E-state index is 0.304. The Morgan fingerprint density at radius 1 is 1.47 bits per heavy atom. The van der Waals surface area contributed by atoms with Crippen molar-refractivity contribution in [3.05, 3.63) is 0 Å². The molecule has 1 aliphatic heterocycles. The molecule has 1 N–H and O–H groups in total. The summed E-state index contributed by atoms with van der Waals surface area (Å²) >= 11 is 0. The van der Waals surface area contributed by atoms with Crippen LogP contribution in [-0.4, -0.2) is 42.2 Å². The number of amides is 1. The number of nitrogens with zero attached hydrogens (tertiary/aromatic N) is 1. The van der Waals surface area contributed by atoms with Crippen LogP contribution in [0.15, 0.2) is 0 Å². The van der Waals surface area contributed by atoms with Crippen molar-refractivity contribution in [2.24, 2.45) is 0 Å². The van der Waals surface area contributed by atoms with Crippen molar-refractivity contribution in [2.45, 2.75) is 38.5 Å². The second kappa shape index (κ2) is 4.38. The standard InChI is InChI=1S/C9H15F3N2O/c1-6(2)14-4-3-7(5-14)13-8(15)9(10,11)12/h6-7H,3-5H2,1-2H3,(H,13,15). The number of nitrogens with one attached hydrogen (secondary N) is 1. The molecular weight excluding hydrogens is 209 g/mol. The molecule has 88 valence electrons. The van der Waals surface area contributed by atoms with Crippen LogP contribution in [0.5, 0.6) is 0 Å². The minimum Gasteiger partial charge on any atom is -0.344 e. The molecule has 1 fully saturated rings. The van der Waals surface area contributed by atoms with Crippen LogP contribution in [0.3, 0.4) is 0 Å². The van der Waals surface area contributed by atoms with Crippen molar-refractivity contribution in [1.82, 2.24) is 10.2 Å². The van der Waals surface area contributed by atoms with E-state index in [-0.39, 0.29) is 6.04 Å². The van der Waals surface area contributed by atoms with E-state index < -0.39 is 12.1 Å². The molecule has 6 heteroatoms. The van der Waals surface area contributed by atoms with Crippen molar-refractivity contribution < 1.29 is 18.0 Å². The lowest BCUT2D eigenvalue weighted by molar-refractivity contribution is -0.174. The van der Waals surface area contributed by atoms with Gasteiger partial charge in [0.2, 0.25) is 0 Å². The monoisotopic (exact) mass is 224 g/mol. The summed E-state index contributed by atoms with van der Waals surface area (Å²) in [4.78, 5) is 12.7. The Labute approximate surface area is 86.6 Å². The van der Waals surface area contributed by atoms with Gasteiger partial charge in [0, 0.05) is 25.2 Å². The van der Waals surface area contributed by atoms with Gasteiger partial charge < -0.3 is 5.32 Å². The van der Waals surface area contributed by atoms with Crippen molar-refractivity contribution in [1.29, 1.82) is 0 Å². The molecule has 1 saturated heterocycles. The number of carbonyl (C=O) groups excluding carboxylic acids is 1. The summed E-state index contributed by atoms with van der Waals surface area (Å²) in [6.45, 7) is 5.20. The highest BCUT2D eigenvalue weighted by atomic mass is 19.4. The second-order valence-corrected chi connectivity index (χ2v) is 4.05. The summed E-state index contributed by atoms with van der Waals surface area (Å²) < 4.78 is 35.8. The first-order valence-electron chi connectivity index (χ1n) is 4.92. The third kappa shape index (κ3) is 3.37. The molecule has 1 aliphatic rings. The van der Waals surface area contributed by atoms with E-state index in [4.69, 9.17) is 0 Å². The SMILES string of the molecule is CC(C)N1CCC(NC(=O)C(F)(F)F)C1. The summed E-state index contributed by atoms with van der Waals surface area (Å²) in [5.41, 5.74) is 0. The lowest BCUT2D eigenvalue weighted by Crippen LogP contribution is -2.44. The number of carbonyl (C=O) groups is 1. The molecule has 0 radical (unpaired) electrons. The summed E-state index contributed by atoms with van der Waals surface area (Å²) in [7, 11) is 0. The van der Waals surface area contributed by atoms with Gasteiger partial charge in [-0.05, 0) is 20.3 Å². The Morgan fingerprint density at radius 2 is 2.07 bits per heavy atom. The van der Waals surface area contributed by atoms with Crippen molar-refractivity contribution >= 4 is 5.91 Å². The molecular formula is C9H15F3N2O. The zero-order chi connectivity index (χ0) is 11.6. The molecule has 1 rings (SSSR count). The van der Waals surface area contributed by atoms with Gasteiger partial charge in [0.15, 0.2) is 0 Å². The Bertz CT molecular complexity index is 240. The quantitative estimate of drug-likeness (QED) is 0.763. The molecule has 1 amide bonds. The van der Waals surface area contributed by atoms with Gasteiger partial charge in [0.1, 0.15) is 0 Å². The first-order chi connectivity index (χ1) is 6.80. The van der Waals surface area contributed by atoms with Crippen molar-refractivity contribution in [2.75, 3.05) is 13.1 Å². The van der Waals surface area contributed by atoms with E-state index in [0.717, 1.165) is 6.54 Å².